The number of carbonyl (C=O) groups is 2. The Morgan fingerprint density at radius 1 is 0.970 bits per heavy atom. The highest BCUT2D eigenvalue weighted by Crippen LogP contribution is 2.33. The second-order valence-electron chi connectivity index (χ2n) is 7.76. The van der Waals surface area contributed by atoms with Crippen molar-refractivity contribution >= 4 is 27.5 Å². The van der Waals surface area contributed by atoms with Crippen molar-refractivity contribution in [3.05, 3.63) is 59.7 Å². The largest absolute Gasteiger partial charge is 0.416 e. The third kappa shape index (κ3) is 5.65. The number of hydrogen-bond donors (Lipinski definition) is 0. The first-order chi connectivity index (χ1) is 15.4. The molecular weight excluding hydrogens is 459 g/mol. The molecule has 2 aromatic carbocycles. The lowest BCUT2D eigenvalue weighted by molar-refractivity contribution is -0.137. The maximum atomic E-state index is 13.4. The molecule has 1 heterocycles. The molecule has 0 spiro atoms. The highest BCUT2D eigenvalue weighted by Gasteiger charge is 2.34. The van der Waals surface area contributed by atoms with Crippen molar-refractivity contribution in [3.63, 3.8) is 0 Å². The fourth-order valence-corrected chi connectivity index (χ4v) is 4.89. The van der Waals surface area contributed by atoms with Gasteiger partial charge in [-0.05, 0) is 37.3 Å². The van der Waals surface area contributed by atoms with Crippen LogP contribution in [0.1, 0.15) is 18.1 Å². The molecule has 0 radical (unpaired) electrons. The van der Waals surface area contributed by atoms with Crippen LogP contribution >= 0.6 is 0 Å². The summed E-state index contributed by atoms with van der Waals surface area (Å²) >= 11 is 0. The van der Waals surface area contributed by atoms with Gasteiger partial charge in [-0.1, -0.05) is 23.8 Å². The third-order valence-electron chi connectivity index (χ3n) is 5.43. The number of sulfonamides is 1. The van der Waals surface area contributed by atoms with Gasteiger partial charge >= 0.3 is 6.18 Å². The summed E-state index contributed by atoms with van der Waals surface area (Å²) in [4.78, 5) is 27.3. The van der Waals surface area contributed by atoms with Crippen LogP contribution in [0.5, 0.6) is 0 Å². The maximum absolute atomic E-state index is 13.4. The summed E-state index contributed by atoms with van der Waals surface area (Å²) in [6, 6.07) is 9.71. The van der Waals surface area contributed by atoms with E-state index in [1.165, 1.54) is 30.0 Å². The van der Waals surface area contributed by atoms with Gasteiger partial charge in [0.25, 0.3) is 10.0 Å². The van der Waals surface area contributed by atoms with E-state index in [0.717, 1.165) is 17.7 Å². The summed E-state index contributed by atoms with van der Waals surface area (Å²) in [7, 11) is -4.34. The first-order valence-corrected chi connectivity index (χ1v) is 11.6. The van der Waals surface area contributed by atoms with Crippen LogP contribution < -0.4 is 4.31 Å². The molecule has 1 fully saturated rings. The fourth-order valence-electron chi connectivity index (χ4n) is 3.48. The van der Waals surface area contributed by atoms with Gasteiger partial charge in [0.15, 0.2) is 0 Å². The molecular formula is C22H24F3N3O4S. The van der Waals surface area contributed by atoms with E-state index in [-0.39, 0.29) is 29.6 Å². The summed E-state index contributed by atoms with van der Waals surface area (Å²) in [5.41, 5.74) is -0.480. The van der Waals surface area contributed by atoms with Gasteiger partial charge in [0.05, 0.1) is 16.1 Å². The molecule has 1 aliphatic rings. The molecule has 2 amide bonds. The Labute approximate surface area is 190 Å². The van der Waals surface area contributed by atoms with Gasteiger partial charge in [0.2, 0.25) is 11.8 Å². The van der Waals surface area contributed by atoms with Crippen molar-refractivity contribution in [2.45, 2.75) is 24.9 Å². The van der Waals surface area contributed by atoms with Crippen molar-refractivity contribution in [2.75, 3.05) is 37.0 Å². The normalized spacial score (nSPS) is 14.8. The maximum Gasteiger partial charge on any atom is 0.416 e. The Kier molecular flexibility index (Phi) is 7.01. The van der Waals surface area contributed by atoms with Gasteiger partial charge in [-0.2, -0.15) is 13.2 Å². The third-order valence-corrected chi connectivity index (χ3v) is 7.22. The number of rotatable bonds is 5. The Balaban J connectivity index is 1.95. The predicted octanol–water partition coefficient (Wildman–Crippen LogP) is 2.90. The lowest BCUT2D eigenvalue weighted by Crippen LogP contribution is -2.52. The number of alkyl halides is 3. The number of halogens is 3. The SMILES string of the molecule is CC(=O)N1CCN(C(=O)CN(c2cccc(C(F)(F)F)c2)S(=O)(=O)c2ccc(C)cc2)CC1. The number of carbonyl (C=O) groups excluding carboxylic acids is 2. The molecule has 0 saturated carbocycles. The van der Waals surface area contributed by atoms with E-state index >= 15 is 0 Å². The quantitative estimate of drug-likeness (QED) is 0.655. The van der Waals surface area contributed by atoms with Gasteiger partial charge in [0.1, 0.15) is 6.54 Å². The summed E-state index contributed by atoms with van der Waals surface area (Å²) in [6.07, 6.45) is -4.68. The van der Waals surface area contributed by atoms with E-state index in [9.17, 15) is 31.2 Å². The zero-order chi connectivity index (χ0) is 24.4. The molecule has 0 atom stereocenters. The van der Waals surface area contributed by atoms with Gasteiger partial charge in [-0.15, -0.1) is 0 Å². The highest BCUT2D eigenvalue weighted by molar-refractivity contribution is 7.92. The monoisotopic (exact) mass is 483 g/mol. The number of amides is 2. The van der Waals surface area contributed by atoms with Crippen molar-refractivity contribution in [2.24, 2.45) is 0 Å². The van der Waals surface area contributed by atoms with Crippen LogP contribution in [0, 0.1) is 6.92 Å². The first kappa shape index (κ1) is 24.6. The summed E-state index contributed by atoms with van der Waals surface area (Å²) in [5.74, 6) is -0.694. The van der Waals surface area contributed by atoms with Crippen LogP contribution in [-0.4, -0.2) is 62.8 Å². The molecule has 0 aromatic heterocycles. The number of piperazine rings is 1. The van der Waals surface area contributed by atoms with Crippen molar-refractivity contribution < 1.29 is 31.2 Å². The molecule has 0 bridgehead atoms. The topological polar surface area (TPSA) is 78.0 Å². The standard InChI is InChI=1S/C22H24F3N3O4S/c1-16-6-8-20(9-7-16)33(31,32)28(19-5-3-4-18(14-19)22(23,24)25)15-21(30)27-12-10-26(11-13-27)17(2)29/h3-9,14H,10-13,15H2,1-2H3. The Morgan fingerprint density at radius 3 is 2.09 bits per heavy atom. The average Bonchev–Trinajstić information content (AvgIpc) is 2.77. The van der Waals surface area contributed by atoms with Gasteiger partial charge in [-0.25, -0.2) is 8.42 Å². The number of hydrogen-bond acceptors (Lipinski definition) is 4. The number of nitrogens with zero attached hydrogens (tertiary/aromatic N) is 3. The van der Waals surface area contributed by atoms with E-state index in [0.29, 0.717) is 23.5 Å². The van der Waals surface area contributed by atoms with E-state index in [1.54, 1.807) is 24.0 Å². The van der Waals surface area contributed by atoms with E-state index in [2.05, 4.69) is 0 Å². The molecule has 0 N–H and O–H groups in total. The van der Waals surface area contributed by atoms with E-state index in [4.69, 9.17) is 0 Å². The average molecular weight is 484 g/mol. The zero-order valence-electron chi connectivity index (χ0n) is 18.2. The summed E-state index contributed by atoms with van der Waals surface area (Å²) < 4.78 is 67.3. The molecule has 2 aromatic rings. The summed E-state index contributed by atoms with van der Waals surface area (Å²) in [6.45, 7) is 3.54. The second-order valence-corrected chi connectivity index (χ2v) is 9.62. The molecule has 33 heavy (non-hydrogen) atoms. The van der Waals surface area contributed by atoms with Crippen molar-refractivity contribution in [1.82, 2.24) is 9.80 Å². The minimum absolute atomic E-state index is 0.130. The number of anilines is 1. The van der Waals surface area contributed by atoms with Gasteiger partial charge < -0.3 is 9.80 Å². The fraction of sp³-hybridized carbons (Fsp3) is 0.364. The van der Waals surface area contributed by atoms with Gasteiger partial charge in [-0.3, -0.25) is 13.9 Å². The minimum Gasteiger partial charge on any atom is -0.339 e. The summed E-state index contributed by atoms with van der Waals surface area (Å²) in [5, 5.41) is 0. The number of aryl methyl sites for hydroxylation is 1. The van der Waals surface area contributed by atoms with Crippen LogP contribution in [0.3, 0.4) is 0 Å². The molecule has 0 aliphatic carbocycles. The zero-order valence-corrected chi connectivity index (χ0v) is 19.0. The highest BCUT2D eigenvalue weighted by atomic mass is 32.2. The van der Waals surface area contributed by atoms with Crippen molar-refractivity contribution in [1.29, 1.82) is 0 Å². The second kappa shape index (κ2) is 9.42. The first-order valence-electron chi connectivity index (χ1n) is 10.2. The molecule has 1 aliphatic heterocycles. The van der Waals surface area contributed by atoms with E-state index in [1.807, 2.05) is 0 Å². The molecule has 3 rings (SSSR count). The molecule has 7 nitrogen and oxygen atoms in total. The lowest BCUT2D eigenvalue weighted by Gasteiger charge is -2.35. The number of benzene rings is 2. The van der Waals surface area contributed by atoms with Crippen LogP contribution in [-0.2, 0) is 25.8 Å². The lowest BCUT2D eigenvalue weighted by atomic mass is 10.2. The van der Waals surface area contributed by atoms with Crippen LogP contribution in [0.2, 0.25) is 0 Å². The molecule has 1 saturated heterocycles. The Morgan fingerprint density at radius 2 is 1.55 bits per heavy atom. The van der Waals surface area contributed by atoms with Crippen LogP contribution in [0.25, 0.3) is 0 Å². The molecule has 11 heteroatoms. The van der Waals surface area contributed by atoms with Crippen molar-refractivity contribution in [3.8, 4) is 0 Å². The van der Waals surface area contributed by atoms with Crippen LogP contribution in [0.4, 0.5) is 18.9 Å². The van der Waals surface area contributed by atoms with Gasteiger partial charge in [0, 0.05) is 33.1 Å². The molecule has 0 unspecified atom stereocenters. The van der Waals surface area contributed by atoms with Crippen LogP contribution in [0.15, 0.2) is 53.4 Å². The molecule has 178 valence electrons. The Bertz CT molecular complexity index is 1130. The minimum atomic E-state index is -4.68. The smallest absolute Gasteiger partial charge is 0.339 e. The van der Waals surface area contributed by atoms with E-state index < -0.39 is 34.2 Å². The Hall–Kier alpha value is -3.08. The predicted molar refractivity (Wildman–Crippen MR) is 116 cm³/mol.